The predicted octanol–water partition coefficient (Wildman–Crippen LogP) is 5.43. The summed E-state index contributed by atoms with van der Waals surface area (Å²) in [6.45, 7) is 3.09. The molecule has 0 aliphatic carbocycles. The maximum atomic E-state index is 13.5. The fraction of sp³-hybridized carbons (Fsp3) is 0.261. The minimum absolute atomic E-state index is 0.131. The predicted molar refractivity (Wildman–Crippen MR) is 127 cm³/mol. The molecule has 8 nitrogen and oxygen atoms in total. The number of aliphatic imine (C=N–C) groups is 1. The summed E-state index contributed by atoms with van der Waals surface area (Å²) in [5.41, 5.74) is 4.92. The highest BCUT2D eigenvalue weighted by atomic mass is 19.4. The Hall–Kier alpha value is -4.07. The highest BCUT2D eigenvalue weighted by Crippen LogP contribution is 2.32. The summed E-state index contributed by atoms with van der Waals surface area (Å²) in [6.07, 6.45) is -9.33. The van der Waals surface area contributed by atoms with Crippen molar-refractivity contribution in [2.24, 2.45) is 10.7 Å². The second-order valence-corrected chi connectivity index (χ2v) is 7.57. The van der Waals surface area contributed by atoms with Crippen molar-refractivity contribution >= 4 is 29.1 Å². The minimum Gasteiger partial charge on any atom is -0.496 e. The van der Waals surface area contributed by atoms with Gasteiger partial charge in [-0.15, -0.1) is 0 Å². The van der Waals surface area contributed by atoms with Gasteiger partial charge in [-0.25, -0.2) is 4.98 Å². The molecule has 0 amide bonds. The Bertz CT molecular complexity index is 1240. The van der Waals surface area contributed by atoms with Gasteiger partial charge >= 0.3 is 12.4 Å². The first-order valence-corrected chi connectivity index (χ1v) is 10.8. The summed E-state index contributed by atoms with van der Waals surface area (Å²) < 4.78 is 83.9. The van der Waals surface area contributed by atoms with Crippen LogP contribution in [0.2, 0.25) is 0 Å². The molecular weight excluding hydrogens is 504 g/mol. The lowest BCUT2D eigenvalue weighted by molar-refractivity contribution is -0.141. The highest BCUT2D eigenvalue weighted by molar-refractivity contribution is 5.93. The quantitative estimate of drug-likeness (QED) is 0.176. The molecule has 0 aliphatic rings. The summed E-state index contributed by atoms with van der Waals surface area (Å²) in [7, 11) is 1.51. The molecule has 0 saturated carbocycles. The van der Waals surface area contributed by atoms with E-state index < -0.39 is 35.5 Å². The standard InChI is InChI=1S/C23H23F6N7O/c1-3-31-12-13-10-16(8-9-17(13)37-2)32-19-11-18(23(27,28)29)34-21(35-19)36-20(30)33-15-6-4-14(5-7-15)22(24,25)26/h4-11,31H,3,12H2,1-2H3,(H4,30,32,33,34,35,36). The van der Waals surface area contributed by atoms with E-state index in [0.29, 0.717) is 30.6 Å². The van der Waals surface area contributed by atoms with Gasteiger partial charge in [0, 0.05) is 29.5 Å². The van der Waals surface area contributed by atoms with E-state index >= 15 is 0 Å². The van der Waals surface area contributed by atoms with Crippen molar-refractivity contribution in [2.45, 2.75) is 25.8 Å². The van der Waals surface area contributed by atoms with Crippen molar-refractivity contribution in [1.29, 1.82) is 0 Å². The molecule has 0 atom stereocenters. The van der Waals surface area contributed by atoms with E-state index in [0.717, 1.165) is 29.8 Å². The molecule has 5 N–H and O–H groups in total. The fourth-order valence-electron chi connectivity index (χ4n) is 3.12. The summed E-state index contributed by atoms with van der Waals surface area (Å²) in [4.78, 5) is 11.1. The SMILES string of the molecule is CCNCc1cc(Nc2cc(C(F)(F)F)nc(/N=C(\N)Nc3ccc(C(F)(F)F)cc3)n2)ccc1OC. The maximum Gasteiger partial charge on any atom is 0.433 e. The van der Waals surface area contributed by atoms with Crippen LogP contribution in [-0.2, 0) is 18.9 Å². The number of anilines is 3. The molecule has 0 spiro atoms. The third-order valence-electron chi connectivity index (χ3n) is 4.83. The van der Waals surface area contributed by atoms with Crippen LogP contribution in [0.15, 0.2) is 53.5 Å². The third kappa shape index (κ3) is 7.70. The van der Waals surface area contributed by atoms with Gasteiger partial charge in [0.1, 0.15) is 11.6 Å². The number of methoxy groups -OCH3 is 1. The van der Waals surface area contributed by atoms with E-state index in [1.807, 2.05) is 6.92 Å². The van der Waals surface area contributed by atoms with Crippen LogP contribution in [0.3, 0.4) is 0 Å². The maximum absolute atomic E-state index is 13.5. The number of alkyl halides is 6. The molecule has 0 unspecified atom stereocenters. The number of hydrogen-bond acceptors (Lipinski definition) is 6. The number of halogens is 6. The number of guanidine groups is 1. The average molecular weight is 527 g/mol. The van der Waals surface area contributed by atoms with E-state index in [-0.39, 0.29) is 11.5 Å². The Balaban J connectivity index is 1.88. The first-order chi connectivity index (χ1) is 17.4. The lowest BCUT2D eigenvalue weighted by atomic mass is 10.1. The first kappa shape index (κ1) is 27.5. The van der Waals surface area contributed by atoms with Gasteiger partial charge in [-0.1, -0.05) is 6.92 Å². The van der Waals surface area contributed by atoms with Crippen LogP contribution in [0, 0.1) is 0 Å². The fourth-order valence-corrected chi connectivity index (χ4v) is 3.12. The number of ether oxygens (including phenoxy) is 1. The zero-order chi connectivity index (χ0) is 27.2. The van der Waals surface area contributed by atoms with Crippen molar-refractivity contribution in [2.75, 3.05) is 24.3 Å². The zero-order valence-electron chi connectivity index (χ0n) is 19.6. The van der Waals surface area contributed by atoms with Crippen LogP contribution in [-0.4, -0.2) is 29.6 Å². The van der Waals surface area contributed by atoms with Crippen molar-refractivity contribution in [3.63, 3.8) is 0 Å². The van der Waals surface area contributed by atoms with Gasteiger partial charge in [-0.3, -0.25) is 0 Å². The molecule has 1 heterocycles. The van der Waals surface area contributed by atoms with E-state index in [9.17, 15) is 26.3 Å². The number of benzene rings is 2. The topological polar surface area (TPSA) is 109 Å². The number of aromatic nitrogens is 2. The van der Waals surface area contributed by atoms with Crippen molar-refractivity contribution in [1.82, 2.24) is 15.3 Å². The highest BCUT2D eigenvalue weighted by Gasteiger charge is 2.34. The smallest absolute Gasteiger partial charge is 0.433 e. The average Bonchev–Trinajstić information content (AvgIpc) is 2.82. The minimum atomic E-state index is -4.81. The molecule has 1 aromatic heterocycles. The van der Waals surface area contributed by atoms with Crippen LogP contribution in [0.5, 0.6) is 5.75 Å². The Morgan fingerprint density at radius 1 is 0.946 bits per heavy atom. The summed E-state index contributed by atoms with van der Waals surface area (Å²) in [5, 5.41) is 8.43. The normalized spacial score (nSPS) is 12.4. The van der Waals surface area contributed by atoms with E-state index in [4.69, 9.17) is 10.5 Å². The van der Waals surface area contributed by atoms with E-state index in [1.54, 1.807) is 18.2 Å². The summed E-state index contributed by atoms with van der Waals surface area (Å²) in [6, 6.07) is 9.50. The van der Waals surface area contributed by atoms with Gasteiger partial charge < -0.3 is 26.4 Å². The van der Waals surface area contributed by atoms with Crippen molar-refractivity contribution < 1.29 is 31.1 Å². The molecule has 3 aromatic rings. The Kier molecular flexibility index (Phi) is 8.42. The van der Waals surface area contributed by atoms with E-state index in [2.05, 4.69) is 30.9 Å². The zero-order valence-corrected chi connectivity index (χ0v) is 19.6. The van der Waals surface area contributed by atoms with Crippen molar-refractivity contribution in [3.05, 3.63) is 65.4 Å². The summed E-state index contributed by atoms with van der Waals surface area (Å²) in [5.74, 6) is -0.654. The molecule has 3 rings (SSSR count). The van der Waals surface area contributed by atoms with Crippen LogP contribution in [0.1, 0.15) is 23.7 Å². The molecule has 198 valence electrons. The molecule has 0 aliphatic heterocycles. The monoisotopic (exact) mass is 527 g/mol. The van der Waals surface area contributed by atoms with Gasteiger partial charge in [0.25, 0.3) is 5.95 Å². The first-order valence-electron chi connectivity index (χ1n) is 10.8. The number of nitrogens with two attached hydrogens (primary N) is 1. The van der Waals surface area contributed by atoms with Gasteiger partial charge in [-0.05, 0) is 49.0 Å². The molecule has 0 fully saturated rings. The Labute approximate surface area is 208 Å². The molecule has 0 radical (unpaired) electrons. The van der Waals surface area contributed by atoms with Crippen LogP contribution < -0.4 is 26.4 Å². The number of rotatable bonds is 8. The largest absolute Gasteiger partial charge is 0.496 e. The van der Waals surface area contributed by atoms with Crippen LogP contribution in [0.4, 0.5) is 49.5 Å². The Morgan fingerprint density at radius 3 is 2.22 bits per heavy atom. The van der Waals surface area contributed by atoms with Gasteiger partial charge in [-0.2, -0.15) is 36.3 Å². The van der Waals surface area contributed by atoms with Gasteiger partial charge in [0.15, 0.2) is 5.69 Å². The number of hydrogen-bond donors (Lipinski definition) is 4. The third-order valence-corrected chi connectivity index (χ3v) is 4.83. The lowest BCUT2D eigenvalue weighted by Gasteiger charge is -2.14. The lowest BCUT2D eigenvalue weighted by Crippen LogP contribution is -2.22. The van der Waals surface area contributed by atoms with Crippen LogP contribution in [0.25, 0.3) is 0 Å². The molecule has 0 saturated heterocycles. The number of nitrogens with one attached hydrogen (secondary N) is 3. The molecule has 2 aromatic carbocycles. The second-order valence-electron chi connectivity index (χ2n) is 7.57. The molecule has 37 heavy (non-hydrogen) atoms. The second kappa shape index (κ2) is 11.3. The summed E-state index contributed by atoms with van der Waals surface area (Å²) >= 11 is 0. The van der Waals surface area contributed by atoms with Gasteiger partial charge in [0.05, 0.1) is 12.7 Å². The molecule has 14 heteroatoms. The van der Waals surface area contributed by atoms with Gasteiger partial charge in [0.2, 0.25) is 5.96 Å². The number of nitrogens with zero attached hydrogens (tertiary/aromatic N) is 3. The Morgan fingerprint density at radius 2 is 1.62 bits per heavy atom. The van der Waals surface area contributed by atoms with E-state index in [1.165, 1.54) is 7.11 Å². The van der Waals surface area contributed by atoms with Crippen LogP contribution >= 0.6 is 0 Å². The molecular formula is C23H23F6N7O. The molecule has 0 bridgehead atoms. The van der Waals surface area contributed by atoms with Crippen molar-refractivity contribution in [3.8, 4) is 5.75 Å².